The molecule has 0 atom stereocenters. The lowest BCUT2D eigenvalue weighted by Gasteiger charge is -2.07. The van der Waals surface area contributed by atoms with E-state index in [1.165, 1.54) is 42.5 Å². The van der Waals surface area contributed by atoms with Gasteiger partial charge in [-0.25, -0.2) is 4.79 Å². The van der Waals surface area contributed by atoms with Crippen molar-refractivity contribution in [1.29, 1.82) is 5.26 Å². The first-order valence-corrected chi connectivity index (χ1v) is 9.90. The molecular weight excluding hydrogens is 446 g/mol. The molecule has 0 heterocycles. The average Bonchev–Trinajstić information content (AvgIpc) is 2.79. The number of nitro groups is 1. The van der Waals surface area contributed by atoms with E-state index in [4.69, 9.17) is 16.3 Å². The number of rotatable bonds is 6. The van der Waals surface area contributed by atoms with Crippen LogP contribution in [0, 0.1) is 28.4 Å². The summed E-state index contributed by atoms with van der Waals surface area (Å²) in [6.07, 6.45) is 1.32. The molecule has 0 fully saturated rings. The molecule has 0 aliphatic rings. The number of benzene rings is 3. The number of nitro benzene ring substituents is 1. The third-order valence-electron chi connectivity index (χ3n) is 4.44. The molecular formula is C24H16ClN3O5. The van der Waals surface area contributed by atoms with E-state index < -0.39 is 16.8 Å². The predicted molar refractivity (Wildman–Crippen MR) is 123 cm³/mol. The Hall–Kier alpha value is -4.48. The Bertz CT molecular complexity index is 1290. The number of ether oxygens (including phenoxy) is 1. The van der Waals surface area contributed by atoms with Gasteiger partial charge >= 0.3 is 5.97 Å². The van der Waals surface area contributed by atoms with Crippen molar-refractivity contribution in [3.63, 3.8) is 0 Å². The second kappa shape index (κ2) is 10.2. The first-order chi connectivity index (χ1) is 15.8. The summed E-state index contributed by atoms with van der Waals surface area (Å²) in [4.78, 5) is 35.3. The van der Waals surface area contributed by atoms with Gasteiger partial charge in [-0.3, -0.25) is 14.9 Å². The van der Waals surface area contributed by atoms with E-state index in [1.54, 1.807) is 43.3 Å². The lowest BCUT2D eigenvalue weighted by Crippen LogP contribution is -2.14. The van der Waals surface area contributed by atoms with Crippen molar-refractivity contribution in [2.45, 2.75) is 6.92 Å². The molecule has 1 amide bonds. The highest BCUT2D eigenvalue weighted by Gasteiger charge is 2.18. The summed E-state index contributed by atoms with van der Waals surface area (Å²) in [7, 11) is 0. The van der Waals surface area contributed by atoms with Crippen molar-refractivity contribution >= 4 is 40.9 Å². The fraction of sp³-hybridized carbons (Fsp3) is 0.0417. The van der Waals surface area contributed by atoms with Crippen molar-refractivity contribution in [2.24, 2.45) is 0 Å². The Morgan fingerprint density at radius 2 is 1.76 bits per heavy atom. The van der Waals surface area contributed by atoms with Crippen LogP contribution in [0.5, 0.6) is 5.75 Å². The van der Waals surface area contributed by atoms with E-state index in [9.17, 15) is 25.0 Å². The number of hydrogen-bond acceptors (Lipinski definition) is 6. The van der Waals surface area contributed by atoms with Crippen LogP contribution in [0.2, 0.25) is 5.02 Å². The molecule has 3 aromatic rings. The molecule has 9 heteroatoms. The molecule has 0 aliphatic carbocycles. The zero-order valence-electron chi connectivity index (χ0n) is 17.2. The molecule has 8 nitrogen and oxygen atoms in total. The SMILES string of the molecule is Cc1ccc(NC(=O)/C(C#N)=C/c2ccc(OC(=O)c3ccc(Cl)cc3)cc2)c([N+](=O)[O-])c1. The van der Waals surface area contributed by atoms with E-state index in [2.05, 4.69) is 5.32 Å². The van der Waals surface area contributed by atoms with Gasteiger partial charge in [0.05, 0.1) is 10.5 Å². The fourth-order valence-corrected chi connectivity index (χ4v) is 2.91. The second-order valence-electron chi connectivity index (χ2n) is 6.87. The fourth-order valence-electron chi connectivity index (χ4n) is 2.79. The highest BCUT2D eigenvalue weighted by Crippen LogP contribution is 2.26. The lowest BCUT2D eigenvalue weighted by molar-refractivity contribution is -0.384. The second-order valence-corrected chi connectivity index (χ2v) is 7.30. The van der Waals surface area contributed by atoms with Crippen LogP contribution >= 0.6 is 11.6 Å². The third-order valence-corrected chi connectivity index (χ3v) is 4.70. The van der Waals surface area contributed by atoms with Gasteiger partial charge in [-0.05, 0) is 66.6 Å². The minimum Gasteiger partial charge on any atom is -0.423 e. The van der Waals surface area contributed by atoms with Crippen LogP contribution in [0.25, 0.3) is 6.08 Å². The van der Waals surface area contributed by atoms with Gasteiger partial charge in [0.15, 0.2) is 0 Å². The summed E-state index contributed by atoms with van der Waals surface area (Å²) < 4.78 is 5.29. The lowest BCUT2D eigenvalue weighted by atomic mass is 10.1. The minimum atomic E-state index is -0.789. The molecule has 0 unspecified atom stereocenters. The highest BCUT2D eigenvalue weighted by atomic mass is 35.5. The van der Waals surface area contributed by atoms with Crippen molar-refractivity contribution < 1.29 is 19.2 Å². The summed E-state index contributed by atoms with van der Waals surface area (Å²) in [5, 5.41) is 23.5. The third kappa shape index (κ3) is 6.03. The summed E-state index contributed by atoms with van der Waals surface area (Å²) >= 11 is 5.80. The van der Waals surface area contributed by atoms with Gasteiger partial charge in [0.2, 0.25) is 0 Å². The number of carbonyl (C=O) groups is 2. The first kappa shape index (κ1) is 23.2. The van der Waals surface area contributed by atoms with Crippen LogP contribution in [0.15, 0.2) is 72.3 Å². The van der Waals surface area contributed by atoms with E-state index in [-0.39, 0.29) is 22.7 Å². The summed E-state index contributed by atoms with van der Waals surface area (Å²) in [5.74, 6) is -1.08. The monoisotopic (exact) mass is 461 g/mol. The Balaban J connectivity index is 1.73. The number of anilines is 1. The van der Waals surface area contributed by atoms with Gasteiger partial charge in [-0.1, -0.05) is 29.8 Å². The Kier molecular flexibility index (Phi) is 7.18. The number of carbonyl (C=O) groups excluding carboxylic acids is 2. The molecule has 164 valence electrons. The molecule has 3 rings (SSSR count). The number of nitrogens with zero attached hydrogens (tertiary/aromatic N) is 2. The smallest absolute Gasteiger partial charge is 0.343 e. The molecule has 0 saturated carbocycles. The van der Waals surface area contributed by atoms with Gasteiger partial charge in [0.25, 0.3) is 11.6 Å². The van der Waals surface area contributed by atoms with Crippen LogP contribution in [0.4, 0.5) is 11.4 Å². The highest BCUT2D eigenvalue weighted by molar-refractivity contribution is 6.30. The minimum absolute atomic E-state index is 0.0128. The zero-order chi connectivity index (χ0) is 24.0. The molecule has 0 radical (unpaired) electrons. The normalized spacial score (nSPS) is 10.8. The van der Waals surface area contributed by atoms with Crippen molar-refractivity contribution in [3.8, 4) is 11.8 Å². The van der Waals surface area contributed by atoms with Crippen molar-refractivity contribution in [1.82, 2.24) is 0 Å². The molecule has 0 aromatic heterocycles. The maximum atomic E-state index is 12.5. The van der Waals surface area contributed by atoms with Crippen molar-refractivity contribution in [3.05, 3.63) is 104 Å². The average molecular weight is 462 g/mol. The van der Waals surface area contributed by atoms with E-state index >= 15 is 0 Å². The molecule has 1 N–H and O–H groups in total. The summed E-state index contributed by atoms with van der Waals surface area (Å²) in [5.41, 5.74) is 0.945. The van der Waals surface area contributed by atoms with Crippen molar-refractivity contribution in [2.75, 3.05) is 5.32 Å². The quantitative estimate of drug-likeness (QED) is 0.132. The molecule has 0 aliphatic heterocycles. The van der Waals surface area contributed by atoms with Crippen LogP contribution < -0.4 is 10.1 Å². The summed E-state index contributed by atoms with van der Waals surface area (Å²) in [6, 6.07) is 18.5. The number of aryl methyl sites for hydroxylation is 1. The topological polar surface area (TPSA) is 122 Å². The largest absolute Gasteiger partial charge is 0.423 e. The number of nitriles is 1. The Morgan fingerprint density at radius 3 is 2.36 bits per heavy atom. The van der Waals surface area contributed by atoms with E-state index in [0.717, 1.165) is 0 Å². The Morgan fingerprint density at radius 1 is 1.09 bits per heavy atom. The van der Waals surface area contributed by atoms with Crippen LogP contribution in [0.3, 0.4) is 0 Å². The molecule has 3 aromatic carbocycles. The first-order valence-electron chi connectivity index (χ1n) is 9.53. The Labute approximate surface area is 193 Å². The van der Waals surface area contributed by atoms with Gasteiger partial charge in [0, 0.05) is 11.1 Å². The number of hydrogen-bond donors (Lipinski definition) is 1. The van der Waals surface area contributed by atoms with Gasteiger partial charge in [-0.2, -0.15) is 5.26 Å². The molecule has 33 heavy (non-hydrogen) atoms. The zero-order valence-corrected chi connectivity index (χ0v) is 18.0. The summed E-state index contributed by atoms with van der Waals surface area (Å²) in [6.45, 7) is 1.69. The van der Waals surface area contributed by atoms with Crippen LogP contribution in [-0.4, -0.2) is 16.8 Å². The van der Waals surface area contributed by atoms with E-state index in [0.29, 0.717) is 21.7 Å². The van der Waals surface area contributed by atoms with Gasteiger partial charge in [-0.15, -0.1) is 0 Å². The molecule has 0 saturated heterocycles. The standard InChI is InChI=1S/C24H16ClN3O5/c1-15-2-11-21(22(12-15)28(31)32)27-23(29)18(14-26)13-16-3-9-20(10-4-16)33-24(30)17-5-7-19(25)8-6-17/h2-13H,1H3,(H,27,29)/b18-13+. The maximum absolute atomic E-state index is 12.5. The number of nitrogens with one attached hydrogen (secondary N) is 1. The van der Waals surface area contributed by atoms with Crippen LogP contribution in [-0.2, 0) is 4.79 Å². The predicted octanol–water partition coefficient (Wildman–Crippen LogP) is 5.32. The number of halogens is 1. The maximum Gasteiger partial charge on any atom is 0.343 e. The molecule has 0 spiro atoms. The number of amides is 1. The molecule has 0 bridgehead atoms. The van der Waals surface area contributed by atoms with Crippen LogP contribution in [0.1, 0.15) is 21.5 Å². The van der Waals surface area contributed by atoms with Gasteiger partial charge in [0.1, 0.15) is 23.1 Å². The van der Waals surface area contributed by atoms with E-state index in [1.807, 2.05) is 0 Å². The number of esters is 1. The van der Waals surface area contributed by atoms with Gasteiger partial charge < -0.3 is 10.1 Å².